The van der Waals surface area contributed by atoms with Crippen molar-refractivity contribution in [2.24, 2.45) is 28.3 Å². The van der Waals surface area contributed by atoms with Crippen LogP contribution in [0.4, 0.5) is 0 Å². The van der Waals surface area contributed by atoms with Crippen molar-refractivity contribution < 1.29 is 4.79 Å². The number of halogens is 2. The third-order valence-electron chi connectivity index (χ3n) is 6.31. The van der Waals surface area contributed by atoms with Gasteiger partial charge in [-0.2, -0.15) is 5.10 Å². The van der Waals surface area contributed by atoms with E-state index in [1.54, 1.807) is 18.2 Å². The number of carbonyl (C=O) groups is 1. The number of nitrogens with one attached hydrogen (secondary N) is 1. The second-order valence-electron chi connectivity index (χ2n) is 7.96. The largest absolute Gasteiger partial charge is 0.272 e. The number of nitrogens with zero attached hydrogens (tertiary/aromatic N) is 1. The topological polar surface area (TPSA) is 41.5 Å². The number of hydrogen-bond acceptors (Lipinski definition) is 2. The second kappa shape index (κ2) is 6.03. The molecule has 5 heteroatoms. The van der Waals surface area contributed by atoms with Crippen molar-refractivity contribution >= 4 is 34.8 Å². The maximum absolute atomic E-state index is 12.4. The molecule has 4 aliphatic carbocycles. The molecule has 1 N–H and O–H groups in total. The van der Waals surface area contributed by atoms with Crippen molar-refractivity contribution in [3.8, 4) is 0 Å². The molecular formula is C19H22Cl2N2O. The summed E-state index contributed by atoms with van der Waals surface area (Å²) >= 11 is 12.0. The van der Waals surface area contributed by atoms with Gasteiger partial charge in [0, 0.05) is 16.1 Å². The highest BCUT2D eigenvalue weighted by molar-refractivity contribution is 6.36. The summed E-state index contributed by atoms with van der Waals surface area (Å²) in [6, 6.07) is 4.88. The van der Waals surface area contributed by atoms with Gasteiger partial charge >= 0.3 is 0 Å². The normalized spacial score (nSPS) is 34.5. The maximum atomic E-state index is 12.4. The molecule has 4 bridgehead atoms. The van der Waals surface area contributed by atoms with Crippen molar-refractivity contribution in [3.63, 3.8) is 0 Å². The van der Waals surface area contributed by atoms with Crippen LogP contribution in [-0.4, -0.2) is 11.6 Å². The van der Waals surface area contributed by atoms with Gasteiger partial charge in [0.25, 0.3) is 5.91 Å². The Labute approximate surface area is 152 Å². The van der Waals surface area contributed by atoms with Gasteiger partial charge in [-0.25, -0.2) is 5.43 Å². The van der Waals surface area contributed by atoms with E-state index in [1.165, 1.54) is 38.5 Å². The van der Waals surface area contributed by atoms with Crippen LogP contribution in [0.1, 0.15) is 55.8 Å². The molecule has 4 aliphatic rings. The Hall–Kier alpha value is -1.06. The van der Waals surface area contributed by atoms with Crippen molar-refractivity contribution in [2.45, 2.75) is 45.4 Å². The van der Waals surface area contributed by atoms with E-state index < -0.39 is 0 Å². The molecule has 4 saturated carbocycles. The van der Waals surface area contributed by atoms with E-state index in [2.05, 4.69) is 17.5 Å². The predicted molar refractivity (Wildman–Crippen MR) is 97.6 cm³/mol. The quantitative estimate of drug-likeness (QED) is 0.572. The lowest BCUT2D eigenvalue weighted by Gasteiger charge is -2.56. The Morgan fingerprint density at radius 1 is 1.12 bits per heavy atom. The minimum atomic E-state index is -0.277. The molecule has 3 nitrogen and oxygen atoms in total. The van der Waals surface area contributed by atoms with Gasteiger partial charge in [-0.1, -0.05) is 23.2 Å². The van der Waals surface area contributed by atoms with E-state index >= 15 is 0 Å². The Kier molecular flexibility index (Phi) is 4.12. The summed E-state index contributed by atoms with van der Waals surface area (Å²) in [5, 5.41) is 5.35. The average molecular weight is 365 g/mol. The summed E-state index contributed by atoms with van der Waals surface area (Å²) < 4.78 is 0. The highest BCUT2D eigenvalue weighted by Crippen LogP contribution is 2.60. The van der Waals surface area contributed by atoms with E-state index in [1.807, 2.05) is 0 Å². The van der Waals surface area contributed by atoms with Crippen molar-refractivity contribution in [2.75, 3.05) is 0 Å². The lowest BCUT2D eigenvalue weighted by Crippen LogP contribution is -2.49. The molecule has 0 radical (unpaired) electrons. The fourth-order valence-corrected chi connectivity index (χ4v) is 6.04. The first kappa shape index (κ1) is 16.4. The van der Waals surface area contributed by atoms with Crippen molar-refractivity contribution in [3.05, 3.63) is 33.8 Å². The zero-order valence-corrected chi connectivity index (χ0v) is 15.3. The summed E-state index contributed by atoms with van der Waals surface area (Å²) in [4.78, 5) is 12.4. The molecule has 0 spiro atoms. The molecule has 5 rings (SSSR count). The van der Waals surface area contributed by atoms with Crippen LogP contribution in [0.5, 0.6) is 0 Å². The fourth-order valence-electron chi connectivity index (χ4n) is 5.54. The fraction of sp³-hybridized carbons (Fsp3) is 0.579. The standard InChI is InChI=1S/C19H22Cl2N2O/c1-11(19-8-12-4-13(9-19)6-14(5-12)10-19)22-23-18(24)16-3-2-15(20)7-17(16)21/h2-3,7,12-14H,4-6,8-10H2,1H3,(H,23,24)/b22-11+. The third kappa shape index (κ3) is 2.86. The molecule has 0 aliphatic heterocycles. The first-order chi connectivity index (χ1) is 11.4. The van der Waals surface area contributed by atoms with Crippen LogP contribution in [0.2, 0.25) is 10.0 Å². The van der Waals surface area contributed by atoms with Crippen LogP contribution in [0, 0.1) is 23.2 Å². The van der Waals surface area contributed by atoms with E-state index in [9.17, 15) is 4.79 Å². The van der Waals surface area contributed by atoms with E-state index in [0.29, 0.717) is 15.6 Å². The van der Waals surface area contributed by atoms with E-state index in [0.717, 1.165) is 23.5 Å². The van der Waals surface area contributed by atoms with Gasteiger partial charge in [-0.3, -0.25) is 4.79 Å². The van der Waals surface area contributed by atoms with Crippen molar-refractivity contribution in [1.29, 1.82) is 0 Å². The van der Waals surface area contributed by atoms with Gasteiger partial charge in [-0.05, 0) is 81.4 Å². The first-order valence-corrected chi connectivity index (χ1v) is 9.51. The molecule has 4 fully saturated rings. The molecule has 0 unspecified atom stereocenters. The third-order valence-corrected chi connectivity index (χ3v) is 6.85. The van der Waals surface area contributed by atoms with Crippen molar-refractivity contribution in [1.82, 2.24) is 5.43 Å². The van der Waals surface area contributed by atoms with Gasteiger partial charge in [-0.15, -0.1) is 0 Å². The van der Waals surface area contributed by atoms with Crippen LogP contribution in [0.15, 0.2) is 23.3 Å². The molecule has 1 amide bonds. The minimum absolute atomic E-state index is 0.214. The summed E-state index contributed by atoms with van der Waals surface area (Å²) in [7, 11) is 0. The molecule has 24 heavy (non-hydrogen) atoms. The van der Waals surface area contributed by atoms with Crippen LogP contribution in [-0.2, 0) is 0 Å². The van der Waals surface area contributed by atoms with Gasteiger partial charge in [0.2, 0.25) is 0 Å². The zero-order chi connectivity index (χ0) is 16.9. The molecule has 0 heterocycles. The van der Waals surface area contributed by atoms with Crippen LogP contribution in [0.25, 0.3) is 0 Å². The maximum Gasteiger partial charge on any atom is 0.272 e. The Bertz CT molecular complexity index is 678. The molecule has 0 saturated heterocycles. The monoisotopic (exact) mass is 364 g/mol. The SMILES string of the molecule is C/C(=N\NC(=O)c1ccc(Cl)cc1Cl)C12CC3CC(CC(C3)C1)C2. The molecule has 128 valence electrons. The smallest absolute Gasteiger partial charge is 0.267 e. The average Bonchev–Trinajstić information content (AvgIpc) is 2.51. The Morgan fingerprint density at radius 2 is 1.71 bits per heavy atom. The van der Waals surface area contributed by atoms with E-state index in [-0.39, 0.29) is 11.3 Å². The Morgan fingerprint density at radius 3 is 2.25 bits per heavy atom. The summed E-state index contributed by atoms with van der Waals surface area (Å²) in [5.41, 5.74) is 4.41. The van der Waals surface area contributed by atoms with Crippen LogP contribution < -0.4 is 5.43 Å². The van der Waals surface area contributed by atoms with Gasteiger partial charge in [0.15, 0.2) is 0 Å². The molecular weight excluding hydrogens is 343 g/mol. The summed E-state index contributed by atoms with van der Waals surface area (Å²) in [6.07, 6.45) is 7.93. The molecule has 0 atom stereocenters. The number of rotatable bonds is 3. The number of hydrazone groups is 1. The molecule has 0 aromatic heterocycles. The van der Waals surface area contributed by atoms with Crippen LogP contribution >= 0.6 is 23.2 Å². The highest BCUT2D eigenvalue weighted by atomic mass is 35.5. The molecule has 1 aromatic rings. The number of benzene rings is 1. The summed E-state index contributed by atoms with van der Waals surface area (Å²) in [5.74, 6) is 2.31. The number of carbonyl (C=O) groups excluding carboxylic acids is 1. The first-order valence-electron chi connectivity index (χ1n) is 8.75. The van der Waals surface area contributed by atoms with Gasteiger partial charge < -0.3 is 0 Å². The lowest BCUT2D eigenvalue weighted by molar-refractivity contribution is -0.0128. The van der Waals surface area contributed by atoms with E-state index in [4.69, 9.17) is 23.2 Å². The lowest BCUT2D eigenvalue weighted by atomic mass is 9.48. The Balaban J connectivity index is 1.50. The van der Waals surface area contributed by atoms with Gasteiger partial charge in [0.05, 0.1) is 10.6 Å². The summed E-state index contributed by atoms with van der Waals surface area (Å²) in [6.45, 7) is 2.08. The van der Waals surface area contributed by atoms with Crippen LogP contribution in [0.3, 0.4) is 0 Å². The highest BCUT2D eigenvalue weighted by Gasteiger charge is 2.52. The number of hydrogen-bond donors (Lipinski definition) is 1. The van der Waals surface area contributed by atoms with Gasteiger partial charge in [0.1, 0.15) is 0 Å². The minimum Gasteiger partial charge on any atom is -0.267 e. The zero-order valence-electron chi connectivity index (χ0n) is 13.8. The second-order valence-corrected chi connectivity index (χ2v) is 8.80. The number of amides is 1. The molecule has 1 aromatic carbocycles. The predicted octanol–water partition coefficient (Wildman–Crippen LogP) is 5.32.